The Hall–Kier alpha value is -3.41. The first-order chi connectivity index (χ1) is 15.4. The maximum atomic E-state index is 13.6. The van der Waals surface area contributed by atoms with Crippen LogP contribution in [0, 0.1) is 6.92 Å². The lowest BCUT2D eigenvalue weighted by atomic mass is 9.83. The Kier molecular flexibility index (Phi) is 6.12. The molecule has 32 heavy (non-hydrogen) atoms. The number of benzene rings is 1. The lowest BCUT2D eigenvalue weighted by molar-refractivity contribution is -0.137. The van der Waals surface area contributed by atoms with Crippen LogP contribution in [0.15, 0.2) is 60.8 Å². The topological polar surface area (TPSA) is 67.3 Å². The van der Waals surface area contributed by atoms with Crippen LogP contribution in [-0.2, 0) is 10.2 Å². The van der Waals surface area contributed by atoms with Gasteiger partial charge in [0.05, 0.1) is 36.1 Å². The molecule has 1 aliphatic rings. The lowest BCUT2D eigenvalue weighted by Crippen LogP contribution is -2.43. The average Bonchev–Trinajstić information content (AvgIpc) is 3.29. The number of anilines is 2. The number of hydrogen-bond donors (Lipinski definition) is 1. The molecular weight excluding hydrogens is 400 g/mol. The van der Waals surface area contributed by atoms with Crippen LogP contribution >= 0.6 is 0 Å². The van der Waals surface area contributed by atoms with Crippen molar-refractivity contribution in [1.82, 2.24) is 14.9 Å². The van der Waals surface area contributed by atoms with Crippen LogP contribution in [0.2, 0.25) is 0 Å². The number of carbonyl (C=O) groups is 1. The number of rotatable bonds is 6. The quantitative estimate of drug-likeness (QED) is 0.584. The van der Waals surface area contributed by atoms with Crippen LogP contribution in [-0.4, -0.2) is 34.4 Å². The first kappa shape index (κ1) is 21.8. The summed E-state index contributed by atoms with van der Waals surface area (Å²) in [5, 5.41) is 3.29. The van der Waals surface area contributed by atoms with E-state index in [2.05, 4.69) is 15.3 Å². The van der Waals surface area contributed by atoms with Crippen molar-refractivity contribution in [1.29, 1.82) is 0 Å². The standard InChI is InChI=1S/C26H30N4O2/c1-18-7-5-9-24(28-18)29-20-12-15-22(27-17-20)23-8-6-16-30(23)25(31)26(2,3)19-10-13-21(32-4)14-11-19/h5,7,9-15,17,23H,6,8,16H2,1-4H3,(H,28,29). The molecule has 0 radical (unpaired) electrons. The summed E-state index contributed by atoms with van der Waals surface area (Å²) in [7, 11) is 1.64. The zero-order valence-corrected chi connectivity index (χ0v) is 19.1. The number of aryl methyl sites for hydroxylation is 1. The summed E-state index contributed by atoms with van der Waals surface area (Å²) in [5.74, 6) is 1.70. The van der Waals surface area contributed by atoms with Gasteiger partial charge in [0.2, 0.25) is 5.91 Å². The van der Waals surface area contributed by atoms with E-state index in [-0.39, 0.29) is 11.9 Å². The van der Waals surface area contributed by atoms with E-state index in [0.717, 1.165) is 53.6 Å². The van der Waals surface area contributed by atoms with Crippen molar-refractivity contribution < 1.29 is 9.53 Å². The summed E-state index contributed by atoms with van der Waals surface area (Å²) < 4.78 is 5.26. The summed E-state index contributed by atoms with van der Waals surface area (Å²) in [6.07, 6.45) is 3.71. The molecule has 6 nitrogen and oxygen atoms in total. The third kappa shape index (κ3) is 4.44. The summed E-state index contributed by atoms with van der Waals surface area (Å²) in [6, 6.07) is 17.6. The molecule has 2 aromatic heterocycles. The molecule has 0 saturated carbocycles. The number of nitrogens with one attached hydrogen (secondary N) is 1. The highest BCUT2D eigenvalue weighted by Gasteiger charge is 2.39. The van der Waals surface area contributed by atoms with E-state index in [1.54, 1.807) is 7.11 Å². The number of amides is 1. The molecule has 1 N–H and O–H groups in total. The van der Waals surface area contributed by atoms with Gasteiger partial charge in [0.15, 0.2) is 0 Å². The van der Waals surface area contributed by atoms with E-state index in [9.17, 15) is 4.79 Å². The van der Waals surface area contributed by atoms with E-state index < -0.39 is 5.41 Å². The number of likely N-dealkylation sites (tertiary alicyclic amines) is 1. The summed E-state index contributed by atoms with van der Waals surface area (Å²) in [6.45, 7) is 6.69. The zero-order chi connectivity index (χ0) is 22.7. The van der Waals surface area contributed by atoms with Crippen LogP contribution < -0.4 is 10.1 Å². The number of nitrogens with zero attached hydrogens (tertiary/aromatic N) is 3. The van der Waals surface area contributed by atoms with Gasteiger partial charge in [-0.1, -0.05) is 18.2 Å². The monoisotopic (exact) mass is 430 g/mol. The fraction of sp³-hybridized carbons (Fsp3) is 0.346. The molecule has 0 aliphatic carbocycles. The minimum Gasteiger partial charge on any atom is -0.497 e. The largest absolute Gasteiger partial charge is 0.497 e. The highest BCUT2D eigenvalue weighted by molar-refractivity contribution is 5.88. The van der Waals surface area contributed by atoms with E-state index in [4.69, 9.17) is 4.74 Å². The molecule has 6 heteroatoms. The molecule has 0 bridgehead atoms. The number of ether oxygens (including phenoxy) is 1. The van der Waals surface area contributed by atoms with E-state index >= 15 is 0 Å². The number of aromatic nitrogens is 2. The maximum absolute atomic E-state index is 13.6. The zero-order valence-electron chi connectivity index (χ0n) is 19.1. The van der Waals surface area contributed by atoms with Gasteiger partial charge in [-0.25, -0.2) is 4.98 Å². The second-order valence-corrected chi connectivity index (χ2v) is 8.77. The van der Waals surface area contributed by atoms with Gasteiger partial charge in [0.1, 0.15) is 11.6 Å². The smallest absolute Gasteiger partial charge is 0.233 e. The van der Waals surface area contributed by atoms with Gasteiger partial charge in [0.25, 0.3) is 0 Å². The minimum atomic E-state index is -0.632. The number of methoxy groups -OCH3 is 1. The first-order valence-electron chi connectivity index (χ1n) is 11.0. The van der Waals surface area contributed by atoms with Crippen molar-refractivity contribution in [2.75, 3.05) is 19.0 Å². The number of pyridine rings is 2. The Bertz CT molecular complexity index is 1080. The van der Waals surface area contributed by atoms with Gasteiger partial charge >= 0.3 is 0 Å². The van der Waals surface area contributed by atoms with E-state index in [1.165, 1.54) is 0 Å². The van der Waals surface area contributed by atoms with Crippen LogP contribution in [0.4, 0.5) is 11.5 Å². The molecule has 1 amide bonds. The van der Waals surface area contributed by atoms with Crippen molar-refractivity contribution >= 4 is 17.4 Å². The van der Waals surface area contributed by atoms with Crippen LogP contribution in [0.5, 0.6) is 5.75 Å². The van der Waals surface area contributed by atoms with Crippen molar-refractivity contribution in [2.24, 2.45) is 0 Å². The molecular formula is C26H30N4O2. The predicted octanol–water partition coefficient (Wildman–Crippen LogP) is 5.18. The normalized spacial score (nSPS) is 16.1. The Labute approximate surface area is 189 Å². The Morgan fingerprint density at radius 1 is 1.12 bits per heavy atom. The second kappa shape index (κ2) is 8.99. The SMILES string of the molecule is COc1ccc(C(C)(C)C(=O)N2CCCC2c2ccc(Nc3cccc(C)n3)cn2)cc1. The molecule has 1 aliphatic heterocycles. The summed E-state index contributed by atoms with van der Waals surface area (Å²) in [4.78, 5) is 24.7. The van der Waals surface area contributed by atoms with Crippen LogP contribution in [0.3, 0.4) is 0 Å². The second-order valence-electron chi connectivity index (χ2n) is 8.77. The van der Waals surface area contributed by atoms with Gasteiger partial charge in [0, 0.05) is 12.2 Å². The molecule has 0 spiro atoms. The van der Waals surface area contributed by atoms with Gasteiger partial charge in [-0.05, 0) is 75.6 Å². The Morgan fingerprint density at radius 2 is 1.91 bits per heavy atom. The van der Waals surface area contributed by atoms with Crippen molar-refractivity contribution in [3.05, 3.63) is 77.7 Å². The van der Waals surface area contributed by atoms with Crippen LogP contribution in [0.25, 0.3) is 0 Å². The molecule has 4 rings (SSSR count). The van der Waals surface area contributed by atoms with Gasteiger partial charge < -0.3 is 15.0 Å². The molecule has 1 atom stereocenters. The number of carbonyl (C=O) groups excluding carboxylic acids is 1. The first-order valence-corrected chi connectivity index (χ1v) is 11.0. The third-order valence-electron chi connectivity index (χ3n) is 6.15. The Balaban J connectivity index is 1.50. The molecule has 1 aromatic carbocycles. The van der Waals surface area contributed by atoms with Gasteiger partial charge in [-0.3, -0.25) is 9.78 Å². The highest BCUT2D eigenvalue weighted by atomic mass is 16.5. The molecule has 3 aromatic rings. The van der Waals surface area contributed by atoms with Gasteiger partial charge in [-0.2, -0.15) is 0 Å². The van der Waals surface area contributed by atoms with Crippen molar-refractivity contribution in [3.63, 3.8) is 0 Å². The molecule has 1 fully saturated rings. The van der Waals surface area contributed by atoms with Crippen LogP contribution in [0.1, 0.15) is 49.7 Å². The van der Waals surface area contributed by atoms with Crippen molar-refractivity contribution in [3.8, 4) is 5.75 Å². The maximum Gasteiger partial charge on any atom is 0.233 e. The summed E-state index contributed by atoms with van der Waals surface area (Å²) in [5.41, 5.74) is 3.10. The molecule has 1 saturated heterocycles. The average molecular weight is 431 g/mol. The fourth-order valence-electron chi connectivity index (χ4n) is 4.24. The van der Waals surface area contributed by atoms with E-state index in [1.807, 2.05) is 86.5 Å². The third-order valence-corrected chi connectivity index (χ3v) is 6.15. The summed E-state index contributed by atoms with van der Waals surface area (Å²) >= 11 is 0. The molecule has 1 unspecified atom stereocenters. The fourth-order valence-corrected chi connectivity index (χ4v) is 4.24. The van der Waals surface area contributed by atoms with Crippen molar-refractivity contribution in [2.45, 2.75) is 45.1 Å². The Morgan fingerprint density at radius 3 is 2.56 bits per heavy atom. The number of hydrogen-bond acceptors (Lipinski definition) is 5. The van der Waals surface area contributed by atoms with Gasteiger partial charge in [-0.15, -0.1) is 0 Å². The predicted molar refractivity (Wildman–Crippen MR) is 126 cm³/mol. The molecule has 166 valence electrons. The lowest BCUT2D eigenvalue weighted by Gasteiger charge is -2.33. The molecule has 3 heterocycles. The highest BCUT2D eigenvalue weighted by Crippen LogP contribution is 2.36. The minimum absolute atomic E-state index is 0.00818. The van der Waals surface area contributed by atoms with E-state index in [0.29, 0.717) is 0 Å².